The number of hydrogen-bond donors (Lipinski definition) is 1. The monoisotopic (exact) mass is 338 g/mol. The van der Waals surface area contributed by atoms with Crippen molar-refractivity contribution in [2.45, 2.75) is 13.5 Å². The van der Waals surface area contributed by atoms with Gasteiger partial charge in [-0.1, -0.05) is 6.07 Å². The molecule has 1 aromatic heterocycles. The number of benzene rings is 1. The van der Waals surface area contributed by atoms with Gasteiger partial charge in [0.05, 0.1) is 18.7 Å². The predicted octanol–water partition coefficient (Wildman–Crippen LogP) is 2.80. The van der Waals surface area contributed by atoms with Crippen LogP contribution in [0.5, 0.6) is 0 Å². The predicted molar refractivity (Wildman–Crippen MR) is 84.1 cm³/mol. The van der Waals surface area contributed by atoms with Crippen LogP contribution in [0.2, 0.25) is 0 Å². The Kier molecular flexibility index (Phi) is 5.81. The summed E-state index contributed by atoms with van der Waals surface area (Å²) in [5.41, 5.74) is -0.291. The van der Waals surface area contributed by atoms with Gasteiger partial charge in [-0.3, -0.25) is 9.59 Å². The van der Waals surface area contributed by atoms with Gasteiger partial charge < -0.3 is 10.2 Å². The molecule has 0 saturated heterocycles. The van der Waals surface area contributed by atoms with E-state index in [4.69, 9.17) is 0 Å². The molecule has 0 aliphatic rings. The minimum absolute atomic E-state index is 0.241. The Morgan fingerprint density at radius 2 is 2.04 bits per heavy atom. The molecule has 0 saturated carbocycles. The van der Waals surface area contributed by atoms with Gasteiger partial charge in [0.2, 0.25) is 5.91 Å². The SMILES string of the molecule is CCN(Cc1cccs1)C(=O)CNC(=O)c1ccc(F)cc1F. The molecule has 2 aromatic rings. The molecule has 7 heteroatoms. The zero-order valence-electron chi connectivity index (χ0n) is 12.5. The number of likely N-dealkylation sites (N-methyl/N-ethyl adjacent to an activating group) is 1. The van der Waals surface area contributed by atoms with Crippen LogP contribution in [0.1, 0.15) is 22.2 Å². The van der Waals surface area contributed by atoms with Crippen LogP contribution < -0.4 is 5.32 Å². The highest BCUT2D eigenvalue weighted by Gasteiger charge is 2.16. The Hall–Kier alpha value is -2.28. The lowest BCUT2D eigenvalue weighted by molar-refractivity contribution is -0.130. The van der Waals surface area contributed by atoms with E-state index < -0.39 is 17.5 Å². The molecule has 0 atom stereocenters. The molecule has 23 heavy (non-hydrogen) atoms. The smallest absolute Gasteiger partial charge is 0.254 e. The first-order valence-corrected chi connectivity index (χ1v) is 7.92. The van der Waals surface area contributed by atoms with Crippen molar-refractivity contribution in [3.05, 3.63) is 57.8 Å². The van der Waals surface area contributed by atoms with Gasteiger partial charge in [0.15, 0.2) is 0 Å². The van der Waals surface area contributed by atoms with E-state index in [2.05, 4.69) is 5.32 Å². The van der Waals surface area contributed by atoms with Crippen LogP contribution >= 0.6 is 11.3 Å². The number of rotatable bonds is 6. The minimum Gasteiger partial charge on any atom is -0.343 e. The quantitative estimate of drug-likeness (QED) is 0.880. The van der Waals surface area contributed by atoms with E-state index >= 15 is 0 Å². The molecule has 122 valence electrons. The second-order valence-corrected chi connectivity index (χ2v) is 5.83. The molecular formula is C16H16F2N2O2S. The number of nitrogens with one attached hydrogen (secondary N) is 1. The number of carbonyl (C=O) groups excluding carboxylic acids is 2. The Morgan fingerprint density at radius 1 is 1.26 bits per heavy atom. The summed E-state index contributed by atoms with van der Waals surface area (Å²) in [7, 11) is 0. The van der Waals surface area contributed by atoms with E-state index in [1.807, 2.05) is 24.4 Å². The van der Waals surface area contributed by atoms with Crippen molar-refractivity contribution in [2.24, 2.45) is 0 Å². The molecule has 0 radical (unpaired) electrons. The summed E-state index contributed by atoms with van der Waals surface area (Å²) in [5.74, 6) is -2.73. The van der Waals surface area contributed by atoms with E-state index in [0.717, 1.165) is 17.0 Å². The Morgan fingerprint density at radius 3 is 2.65 bits per heavy atom. The molecule has 4 nitrogen and oxygen atoms in total. The number of amides is 2. The highest BCUT2D eigenvalue weighted by atomic mass is 32.1. The third kappa shape index (κ3) is 4.59. The zero-order valence-corrected chi connectivity index (χ0v) is 13.3. The fraction of sp³-hybridized carbons (Fsp3) is 0.250. The number of thiophene rings is 1. The maximum Gasteiger partial charge on any atom is 0.254 e. The van der Waals surface area contributed by atoms with Gasteiger partial charge in [-0.15, -0.1) is 11.3 Å². The van der Waals surface area contributed by atoms with Gasteiger partial charge in [-0.2, -0.15) is 0 Å². The van der Waals surface area contributed by atoms with E-state index in [0.29, 0.717) is 19.2 Å². The second-order valence-electron chi connectivity index (χ2n) is 4.79. The average molecular weight is 338 g/mol. The van der Waals surface area contributed by atoms with Crippen LogP contribution in [0.4, 0.5) is 8.78 Å². The van der Waals surface area contributed by atoms with Gasteiger partial charge >= 0.3 is 0 Å². The van der Waals surface area contributed by atoms with Crippen molar-refractivity contribution >= 4 is 23.2 Å². The summed E-state index contributed by atoms with van der Waals surface area (Å²) >= 11 is 1.54. The van der Waals surface area contributed by atoms with Crippen molar-refractivity contribution in [3.8, 4) is 0 Å². The lowest BCUT2D eigenvalue weighted by atomic mass is 10.2. The van der Waals surface area contributed by atoms with E-state index in [9.17, 15) is 18.4 Å². The van der Waals surface area contributed by atoms with Crippen LogP contribution in [0.15, 0.2) is 35.7 Å². The Bertz CT molecular complexity index is 689. The lowest BCUT2D eigenvalue weighted by Crippen LogP contribution is -2.39. The maximum absolute atomic E-state index is 13.5. The highest BCUT2D eigenvalue weighted by Crippen LogP contribution is 2.12. The summed E-state index contributed by atoms with van der Waals surface area (Å²) in [5, 5.41) is 4.29. The van der Waals surface area contributed by atoms with E-state index in [1.165, 1.54) is 0 Å². The second kappa shape index (κ2) is 7.82. The summed E-state index contributed by atoms with van der Waals surface area (Å²) in [4.78, 5) is 26.6. The van der Waals surface area contributed by atoms with Crippen molar-refractivity contribution in [3.63, 3.8) is 0 Å². The largest absolute Gasteiger partial charge is 0.343 e. The molecule has 2 amide bonds. The van der Waals surface area contributed by atoms with Gasteiger partial charge in [-0.05, 0) is 30.5 Å². The first-order chi connectivity index (χ1) is 11.0. The number of carbonyl (C=O) groups is 2. The topological polar surface area (TPSA) is 49.4 Å². The summed E-state index contributed by atoms with van der Waals surface area (Å²) in [6.07, 6.45) is 0. The molecule has 0 aliphatic heterocycles. The molecule has 1 heterocycles. The van der Waals surface area contributed by atoms with Gasteiger partial charge in [-0.25, -0.2) is 8.78 Å². The van der Waals surface area contributed by atoms with Gasteiger partial charge in [0, 0.05) is 17.5 Å². The van der Waals surface area contributed by atoms with Crippen molar-refractivity contribution in [1.82, 2.24) is 10.2 Å². The molecular weight excluding hydrogens is 322 g/mol. The van der Waals surface area contributed by atoms with E-state index in [1.54, 1.807) is 16.2 Å². The summed E-state index contributed by atoms with van der Waals surface area (Å²) in [6.45, 7) is 2.56. The third-order valence-electron chi connectivity index (χ3n) is 3.24. The molecule has 0 unspecified atom stereocenters. The standard InChI is InChI=1S/C16H16F2N2O2S/c1-2-20(10-12-4-3-7-23-12)15(21)9-19-16(22)13-6-5-11(17)8-14(13)18/h3-8H,2,9-10H2,1H3,(H,19,22). The van der Waals surface area contributed by atoms with Crippen LogP contribution in [-0.2, 0) is 11.3 Å². The fourth-order valence-electron chi connectivity index (χ4n) is 2.00. The first kappa shape index (κ1) is 17.1. The Balaban J connectivity index is 1.93. The molecule has 1 aromatic carbocycles. The molecule has 0 fully saturated rings. The normalized spacial score (nSPS) is 10.4. The van der Waals surface area contributed by atoms with Gasteiger partial charge in [0.25, 0.3) is 5.91 Å². The molecule has 1 N–H and O–H groups in total. The molecule has 0 bridgehead atoms. The highest BCUT2D eigenvalue weighted by molar-refractivity contribution is 7.09. The maximum atomic E-state index is 13.5. The molecule has 0 spiro atoms. The van der Waals surface area contributed by atoms with Gasteiger partial charge in [0.1, 0.15) is 11.6 Å². The lowest BCUT2D eigenvalue weighted by Gasteiger charge is -2.20. The van der Waals surface area contributed by atoms with Crippen molar-refractivity contribution in [1.29, 1.82) is 0 Å². The number of hydrogen-bond acceptors (Lipinski definition) is 3. The number of nitrogens with zero attached hydrogens (tertiary/aromatic N) is 1. The van der Waals surface area contributed by atoms with Crippen LogP contribution in [-0.4, -0.2) is 29.8 Å². The molecule has 0 aliphatic carbocycles. The zero-order chi connectivity index (χ0) is 16.8. The van der Waals surface area contributed by atoms with Crippen LogP contribution in [0, 0.1) is 11.6 Å². The van der Waals surface area contributed by atoms with Crippen LogP contribution in [0.3, 0.4) is 0 Å². The summed E-state index contributed by atoms with van der Waals surface area (Å²) < 4.78 is 26.3. The van der Waals surface area contributed by atoms with Crippen molar-refractivity contribution < 1.29 is 18.4 Å². The molecule has 2 rings (SSSR count). The third-order valence-corrected chi connectivity index (χ3v) is 4.10. The van der Waals surface area contributed by atoms with Crippen LogP contribution in [0.25, 0.3) is 0 Å². The number of halogens is 2. The Labute approximate surface area is 136 Å². The van der Waals surface area contributed by atoms with Crippen molar-refractivity contribution in [2.75, 3.05) is 13.1 Å². The average Bonchev–Trinajstić information content (AvgIpc) is 3.03. The fourth-order valence-corrected chi connectivity index (χ4v) is 2.72. The first-order valence-electron chi connectivity index (χ1n) is 7.04. The van der Waals surface area contributed by atoms with E-state index in [-0.39, 0.29) is 18.0 Å². The minimum atomic E-state index is -0.958. The summed E-state index contributed by atoms with van der Waals surface area (Å²) in [6, 6.07) is 6.50.